The third kappa shape index (κ3) is 5.58. The Morgan fingerprint density at radius 3 is 2.33 bits per heavy atom. The quantitative estimate of drug-likeness (QED) is 0.544. The first-order valence-corrected chi connectivity index (χ1v) is 9.35. The zero-order valence-electron chi connectivity index (χ0n) is 14.3. The van der Waals surface area contributed by atoms with Gasteiger partial charge in [0.1, 0.15) is 16.4 Å². The number of sulfone groups is 1. The first-order chi connectivity index (χ1) is 12.5. The molecule has 2 aromatic rings. The molecule has 0 heterocycles. The van der Waals surface area contributed by atoms with E-state index in [0.29, 0.717) is 0 Å². The number of methoxy groups -OCH3 is 1. The standard InChI is InChI=1S/C18H15F3O5S/c1-25-16-11-13(8-10-17(16)27(2,23)24)14(22)9-7-12-5-3-4-6-15(12)26-18(19,20)21/h3-11H,1-2H3/b9-7+. The van der Waals surface area contributed by atoms with Gasteiger partial charge in [-0.15, -0.1) is 13.2 Å². The van der Waals surface area contributed by atoms with Crippen LogP contribution in [-0.2, 0) is 9.84 Å². The van der Waals surface area contributed by atoms with Crippen molar-refractivity contribution in [3.63, 3.8) is 0 Å². The molecule has 0 spiro atoms. The molecule has 0 aromatic heterocycles. The van der Waals surface area contributed by atoms with Crippen molar-refractivity contribution in [1.82, 2.24) is 0 Å². The molecule has 0 aliphatic rings. The third-order valence-electron chi connectivity index (χ3n) is 3.41. The number of hydrogen-bond acceptors (Lipinski definition) is 5. The molecule has 9 heteroatoms. The topological polar surface area (TPSA) is 69.7 Å². The van der Waals surface area contributed by atoms with E-state index >= 15 is 0 Å². The lowest BCUT2D eigenvalue weighted by Gasteiger charge is -2.11. The summed E-state index contributed by atoms with van der Waals surface area (Å²) >= 11 is 0. The fourth-order valence-electron chi connectivity index (χ4n) is 2.22. The van der Waals surface area contributed by atoms with Gasteiger partial charge in [-0.25, -0.2) is 8.42 Å². The maximum atomic E-state index is 12.4. The van der Waals surface area contributed by atoms with Gasteiger partial charge >= 0.3 is 6.36 Å². The Hall–Kier alpha value is -2.81. The largest absolute Gasteiger partial charge is 0.573 e. The molecule has 0 aliphatic carbocycles. The maximum Gasteiger partial charge on any atom is 0.573 e. The number of ketones is 1. The lowest BCUT2D eigenvalue weighted by atomic mass is 10.1. The number of alkyl halides is 3. The van der Waals surface area contributed by atoms with Crippen molar-refractivity contribution in [3.05, 3.63) is 59.7 Å². The zero-order chi connectivity index (χ0) is 20.2. The molecule has 0 atom stereocenters. The van der Waals surface area contributed by atoms with Gasteiger partial charge in [-0.05, 0) is 36.4 Å². The van der Waals surface area contributed by atoms with Crippen LogP contribution in [-0.4, -0.2) is 33.9 Å². The predicted molar refractivity (Wildman–Crippen MR) is 92.6 cm³/mol. The Balaban J connectivity index is 2.31. The fourth-order valence-corrected chi connectivity index (χ4v) is 3.05. The van der Waals surface area contributed by atoms with Gasteiger partial charge in [0, 0.05) is 17.4 Å². The highest BCUT2D eigenvalue weighted by molar-refractivity contribution is 7.90. The third-order valence-corrected chi connectivity index (χ3v) is 4.54. The van der Waals surface area contributed by atoms with Gasteiger partial charge in [-0.2, -0.15) is 0 Å². The molecule has 2 rings (SSSR count). The molecular formula is C18H15F3O5S. The Kier molecular flexibility index (Phi) is 5.94. The number of rotatable bonds is 6. The lowest BCUT2D eigenvalue weighted by molar-refractivity contribution is -0.274. The lowest BCUT2D eigenvalue weighted by Crippen LogP contribution is -2.17. The number of halogens is 3. The van der Waals surface area contributed by atoms with E-state index in [1.54, 1.807) is 0 Å². The average Bonchev–Trinajstić information content (AvgIpc) is 2.58. The molecule has 0 bridgehead atoms. The number of carbonyl (C=O) groups is 1. The average molecular weight is 400 g/mol. The second-order valence-corrected chi connectivity index (χ2v) is 7.41. The molecule has 0 radical (unpaired) electrons. The van der Waals surface area contributed by atoms with Crippen LogP contribution in [0.4, 0.5) is 13.2 Å². The molecule has 2 aromatic carbocycles. The van der Waals surface area contributed by atoms with Gasteiger partial charge in [0.25, 0.3) is 0 Å². The van der Waals surface area contributed by atoms with E-state index in [9.17, 15) is 26.4 Å². The minimum absolute atomic E-state index is 0.00226. The van der Waals surface area contributed by atoms with E-state index in [4.69, 9.17) is 4.74 Å². The van der Waals surface area contributed by atoms with Crippen LogP contribution < -0.4 is 9.47 Å². The van der Waals surface area contributed by atoms with Gasteiger partial charge in [-0.1, -0.05) is 18.2 Å². The molecule has 0 amide bonds. The van der Waals surface area contributed by atoms with Crippen molar-refractivity contribution in [2.45, 2.75) is 11.3 Å². The molecule has 0 saturated carbocycles. The van der Waals surface area contributed by atoms with E-state index in [2.05, 4.69) is 4.74 Å². The predicted octanol–water partition coefficient (Wildman–Crippen LogP) is 3.89. The van der Waals surface area contributed by atoms with Crippen LogP contribution in [0.25, 0.3) is 6.08 Å². The number of para-hydroxylation sites is 1. The maximum absolute atomic E-state index is 12.4. The molecule has 5 nitrogen and oxygen atoms in total. The van der Waals surface area contributed by atoms with Crippen molar-refractivity contribution >= 4 is 21.7 Å². The summed E-state index contributed by atoms with van der Waals surface area (Å²) in [6.07, 6.45) is -1.61. The second kappa shape index (κ2) is 7.83. The highest BCUT2D eigenvalue weighted by Gasteiger charge is 2.31. The molecule has 0 N–H and O–H groups in total. The summed E-state index contributed by atoms with van der Waals surface area (Å²) in [5.41, 5.74) is 0.174. The number of hydrogen-bond donors (Lipinski definition) is 0. The number of ether oxygens (including phenoxy) is 2. The number of benzene rings is 2. The van der Waals surface area contributed by atoms with Crippen molar-refractivity contribution in [1.29, 1.82) is 0 Å². The first kappa shape index (κ1) is 20.5. The highest BCUT2D eigenvalue weighted by atomic mass is 32.2. The van der Waals surface area contributed by atoms with Gasteiger partial charge in [-0.3, -0.25) is 4.79 Å². The first-order valence-electron chi connectivity index (χ1n) is 7.46. The Labute approximate surface area is 153 Å². The SMILES string of the molecule is COc1cc(C(=O)/C=C/c2ccccc2OC(F)(F)F)ccc1S(C)(=O)=O. The van der Waals surface area contributed by atoms with Crippen molar-refractivity contribution in [2.24, 2.45) is 0 Å². The molecule has 0 aliphatic heterocycles. The minimum atomic E-state index is -4.86. The van der Waals surface area contributed by atoms with E-state index in [0.717, 1.165) is 18.4 Å². The van der Waals surface area contributed by atoms with Crippen LogP contribution in [0, 0.1) is 0 Å². The van der Waals surface area contributed by atoms with Crippen LogP contribution in [0.1, 0.15) is 15.9 Å². The highest BCUT2D eigenvalue weighted by Crippen LogP contribution is 2.28. The van der Waals surface area contributed by atoms with Crippen LogP contribution >= 0.6 is 0 Å². The minimum Gasteiger partial charge on any atom is -0.495 e. The summed E-state index contributed by atoms with van der Waals surface area (Å²) in [7, 11) is -2.28. The van der Waals surface area contributed by atoms with Gasteiger partial charge in [0.15, 0.2) is 15.6 Å². The Morgan fingerprint density at radius 2 is 1.74 bits per heavy atom. The van der Waals surface area contributed by atoms with Gasteiger partial charge < -0.3 is 9.47 Å². The summed E-state index contributed by atoms with van der Waals surface area (Å²) in [5, 5.41) is 0. The Morgan fingerprint density at radius 1 is 1.07 bits per heavy atom. The van der Waals surface area contributed by atoms with Gasteiger partial charge in [0.2, 0.25) is 0 Å². The van der Waals surface area contributed by atoms with Crippen LogP contribution in [0.3, 0.4) is 0 Å². The molecule has 0 saturated heterocycles. The molecule has 0 fully saturated rings. The van der Waals surface area contributed by atoms with Crippen LogP contribution in [0.15, 0.2) is 53.4 Å². The fraction of sp³-hybridized carbons (Fsp3) is 0.167. The molecule has 27 heavy (non-hydrogen) atoms. The second-order valence-electron chi connectivity index (χ2n) is 5.42. The van der Waals surface area contributed by atoms with Crippen LogP contribution in [0.2, 0.25) is 0 Å². The van der Waals surface area contributed by atoms with E-state index in [1.807, 2.05) is 0 Å². The van der Waals surface area contributed by atoms with Crippen LogP contribution in [0.5, 0.6) is 11.5 Å². The Bertz CT molecular complexity index is 979. The van der Waals surface area contributed by atoms with E-state index in [1.165, 1.54) is 49.6 Å². The summed E-state index contributed by atoms with van der Waals surface area (Å²) in [4.78, 5) is 12.2. The van der Waals surface area contributed by atoms with E-state index in [-0.39, 0.29) is 21.8 Å². The summed E-state index contributed by atoms with van der Waals surface area (Å²) in [6, 6.07) is 9.13. The molecular weight excluding hydrogens is 385 g/mol. The van der Waals surface area contributed by atoms with Crippen molar-refractivity contribution in [2.75, 3.05) is 13.4 Å². The molecule has 0 unspecified atom stereocenters. The summed E-state index contributed by atoms with van der Waals surface area (Å²) in [6.45, 7) is 0. The summed E-state index contributed by atoms with van der Waals surface area (Å²) in [5.74, 6) is -0.994. The number of carbonyl (C=O) groups excluding carboxylic acids is 1. The summed E-state index contributed by atoms with van der Waals surface area (Å²) < 4.78 is 69.5. The van der Waals surface area contributed by atoms with E-state index < -0.39 is 27.7 Å². The zero-order valence-corrected chi connectivity index (χ0v) is 15.1. The molecule has 144 valence electrons. The van der Waals surface area contributed by atoms with Gasteiger partial charge in [0.05, 0.1) is 7.11 Å². The number of allylic oxidation sites excluding steroid dienone is 1. The van der Waals surface area contributed by atoms with Crippen molar-refractivity contribution in [3.8, 4) is 11.5 Å². The monoisotopic (exact) mass is 400 g/mol. The van der Waals surface area contributed by atoms with Crippen molar-refractivity contribution < 1.29 is 35.9 Å². The smallest absolute Gasteiger partial charge is 0.495 e. The normalized spacial score (nSPS) is 12.2.